The summed E-state index contributed by atoms with van der Waals surface area (Å²) in [6.45, 7) is 4.54. The van der Waals surface area contributed by atoms with Crippen LogP contribution < -0.4 is 9.64 Å². The summed E-state index contributed by atoms with van der Waals surface area (Å²) >= 11 is 0. The number of hydrogen-bond acceptors (Lipinski definition) is 5. The Balaban J connectivity index is 1.19. The van der Waals surface area contributed by atoms with Crippen LogP contribution in [0.15, 0.2) is 66.9 Å². The lowest BCUT2D eigenvalue weighted by molar-refractivity contribution is 0.0668. The van der Waals surface area contributed by atoms with Crippen molar-refractivity contribution in [3.63, 3.8) is 0 Å². The van der Waals surface area contributed by atoms with Gasteiger partial charge < -0.3 is 19.7 Å². The van der Waals surface area contributed by atoms with Crippen LogP contribution in [0.25, 0.3) is 21.8 Å². The molecular weight excluding hydrogens is 376 g/mol. The number of nitrogens with zero attached hydrogens (tertiary/aromatic N) is 3. The van der Waals surface area contributed by atoms with Crippen LogP contribution in [0.4, 0.5) is 5.82 Å². The van der Waals surface area contributed by atoms with E-state index in [9.17, 15) is 5.11 Å². The van der Waals surface area contributed by atoms with Crippen LogP contribution in [-0.4, -0.2) is 65.4 Å². The number of rotatable bonds is 6. The number of aliphatic hydroxyl groups is 1. The zero-order chi connectivity index (χ0) is 20.3. The van der Waals surface area contributed by atoms with E-state index >= 15 is 0 Å². The van der Waals surface area contributed by atoms with E-state index in [1.54, 1.807) is 0 Å². The summed E-state index contributed by atoms with van der Waals surface area (Å²) in [5, 5.41) is 12.8. The molecule has 6 nitrogen and oxygen atoms in total. The zero-order valence-corrected chi connectivity index (χ0v) is 16.9. The third kappa shape index (κ3) is 3.84. The molecule has 1 saturated heterocycles. The molecule has 1 aliphatic heterocycles. The number of aromatic amines is 1. The average Bonchev–Trinajstić information content (AvgIpc) is 3.18. The van der Waals surface area contributed by atoms with Crippen LogP contribution in [0.3, 0.4) is 0 Å². The molecule has 1 unspecified atom stereocenters. The number of β-amino-alcohol motifs (C(OH)–C–C–N with tert-alkyl or cyclic N) is 1. The van der Waals surface area contributed by atoms with E-state index in [-0.39, 0.29) is 6.61 Å². The van der Waals surface area contributed by atoms with Gasteiger partial charge in [0.1, 0.15) is 24.3 Å². The Morgan fingerprint density at radius 1 is 0.933 bits per heavy atom. The molecule has 0 aliphatic carbocycles. The Morgan fingerprint density at radius 3 is 2.57 bits per heavy atom. The molecular formula is C24H26N4O2. The Morgan fingerprint density at radius 2 is 1.73 bits per heavy atom. The van der Waals surface area contributed by atoms with Crippen LogP contribution in [0, 0.1) is 0 Å². The van der Waals surface area contributed by atoms with Crippen molar-refractivity contribution in [2.75, 3.05) is 44.2 Å². The smallest absolute Gasteiger partial charge is 0.129 e. The second kappa shape index (κ2) is 8.34. The van der Waals surface area contributed by atoms with Gasteiger partial charge in [0.25, 0.3) is 0 Å². The predicted octanol–water partition coefficient (Wildman–Crippen LogP) is 3.28. The molecule has 0 radical (unpaired) electrons. The number of nitrogens with one attached hydrogen (secondary N) is 1. The number of pyridine rings is 1. The van der Waals surface area contributed by atoms with Crippen LogP contribution >= 0.6 is 0 Å². The number of anilines is 1. The summed E-state index contributed by atoms with van der Waals surface area (Å²) in [4.78, 5) is 12.4. The molecule has 3 heterocycles. The molecule has 0 spiro atoms. The molecule has 0 bridgehead atoms. The summed E-state index contributed by atoms with van der Waals surface area (Å²) in [5.41, 5.74) is 2.14. The summed E-state index contributed by atoms with van der Waals surface area (Å²) in [6.07, 6.45) is 1.30. The van der Waals surface area contributed by atoms with Gasteiger partial charge in [0, 0.05) is 55.2 Å². The molecule has 2 aromatic heterocycles. The standard InChI is InChI=1S/C24H26N4O2/c29-18(16-27-12-14-28(15-13-27)23-10-3-4-11-25-23)17-30-22-9-5-8-21-24(22)19-6-1-2-7-20(19)26-21/h1-11,18,26,29H,12-17H2. The first-order valence-corrected chi connectivity index (χ1v) is 10.5. The van der Waals surface area contributed by atoms with Crippen molar-refractivity contribution in [1.82, 2.24) is 14.9 Å². The number of para-hydroxylation sites is 1. The van der Waals surface area contributed by atoms with Gasteiger partial charge in [-0.25, -0.2) is 4.98 Å². The second-order valence-corrected chi connectivity index (χ2v) is 7.79. The van der Waals surface area contributed by atoms with E-state index in [2.05, 4.69) is 38.0 Å². The monoisotopic (exact) mass is 402 g/mol. The van der Waals surface area contributed by atoms with Crippen molar-refractivity contribution in [1.29, 1.82) is 0 Å². The van der Waals surface area contributed by atoms with Crippen LogP contribution in [0.5, 0.6) is 5.75 Å². The topological polar surface area (TPSA) is 64.6 Å². The maximum absolute atomic E-state index is 10.6. The summed E-state index contributed by atoms with van der Waals surface area (Å²) in [6, 6.07) is 20.2. The summed E-state index contributed by atoms with van der Waals surface area (Å²) < 4.78 is 6.06. The molecule has 2 N–H and O–H groups in total. The zero-order valence-electron chi connectivity index (χ0n) is 16.9. The van der Waals surface area contributed by atoms with E-state index in [4.69, 9.17) is 4.74 Å². The fourth-order valence-electron chi connectivity index (χ4n) is 4.23. The maximum Gasteiger partial charge on any atom is 0.129 e. The number of aliphatic hydroxyl groups excluding tert-OH is 1. The molecule has 0 amide bonds. The molecule has 30 heavy (non-hydrogen) atoms. The fraction of sp³-hybridized carbons (Fsp3) is 0.292. The Bertz CT molecular complexity index is 1120. The van der Waals surface area contributed by atoms with Crippen molar-refractivity contribution < 1.29 is 9.84 Å². The second-order valence-electron chi connectivity index (χ2n) is 7.79. The van der Waals surface area contributed by atoms with E-state index in [1.165, 1.54) is 0 Å². The van der Waals surface area contributed by atoms with Gasteiger partial charge in [0.05, 0.1) is 5.52 Å². The Labute approximate surface area is 175 Å². The number of ether oxygens (including phenoxy) is 1. The third-order valence-electron chi connectivity index (χ3n) is 5.74. The van der Waals surface area contributed by atoms with Gasteiger partial charge >= 0.3 is 0 Å². The SMILES string of the molecule is OC(COc1cccc2[nH]c3ccccc3c12)CN1CCN(c2ccccn2)CC1. The minimum Gasteiger partial charge on any atom is -0.490 e. The summed E-state index contributed by atoms with van der Waals surface area (Å²) in [5.74, 6) is 1.83. The number of hydrogen-bond donors (Lipinski definition) is 2. The highest BCUT2D eigenvalue weighted by atomic mass is 16.5. The van der Waals surface area contributed by atoms with Gasteiger partial charge in [-0.2, -0.15) is 0 Å². The quantitative estimate of drug-likeness (QED) is 0.518. The first kappa shape index (κ1) is 18.9. The Kier molecular flexibility index (Phi) is 5.26. The van der Waals surface area contributed by atoms with Gasteiger partial charge in [-0.3, -0.25) is 4.90 Å². The molecule has 6 heteroatoms. The van der Waals surface area contributed by atoms with E-state index in [0.717, 1.165) is 59.6 Å². The normalized spacial score (nSPS) is 16.2. The van der Waals surface area contributed by atoms with Crippen LogP contribution in [-0.2, 0) is 0 Å². The van der Waals surface area contributed by atoms with Crippen molar-refractivity contribution >= 4 is 27.6 Å². The maximum atomic E-state index is 10.6. The van der Waals surface area contributed by atoms with E-state index in [0.29, 0.717) is 6.54 Å². The Hall–Kier alpha value is -3.09. The number of aromatic nitrogens is 2. The molecule has 1 aliphatic rings. The third-order valence-corrected chi connectivity index (χ3v) is 5.74. The van der Waals surface area contributed by atoms with Crippen molar-refractivity contribution in [2.45, 2.75) is 6.10 Å². The lowest BCUT2D eigenvalue weighted by Gasteiger charge is -2.36. The van der Waals surface area contributed by atoms with E-state index in [1.807, 2.05) is 48.7 Å². The number of piperazine rings is 1. The molecule has 4 aromatic rings. The van der Waals surface area contributed by atoms with Crippen LogP contribution in [0.2, 0.25) is 0 Å². The lowest BCUT2D eigenvalue weighted by Crippen LogP contribution is -2.49. The van der Waals surface area contributed by atoms with Gasteiger partial charge in [0.15, 0.2) is 0 Å². The highest BCUT2D eigenvalue weighted by molar-refractivity contribution is 6.10. The lowest BCUT2D eigenvalue weighted by atomic mass is 10.1. The molecule has 0 saturated carbocycles. The molecule has 1 fully saturated rings. The van der Waals surface area contributed by atoms with Crippen molar-refractivity contribution in [2.24, 2.45) is 0 Å². The molecule has 1 atom stereocenters. The first-order chi connectivity index (χ1) is 14.8. The minimum absolute atomic E-state index is 0.277. The molecule has 5 rings (SSSR count). The van der Waals surface area contributed by atoms with Crippen molar-refractivity contribution in [3.05, 3.63) is 66.9 Å². The first-order valence-electron chi connectivity index (χ1n) is 10.5. The molecule has 154 valence electrons. The van der Waals surface area contributed by atoms with Crippen molar-refractivity contribution in [3.8, 4) is 5.75 Å². The van der Waals surface area contributed by atoms with Crippen LogP contribution in [0.1, 0.15) is 0 Å². The number of fused-ring (bicyclic) bond motifs is 3. The highest BCUT2D eigenvalue weighted by Crippen LogP contribution is 2.33. The van der Waals surface area contributed by atoms with Gasteiger partial charge in [-0.1, -0.05) is 30.3 Å². The average molecular weight is 402 g/mol. The van der Waals surface area contributed by atoms with E-state index < -0.39 is 6.10 Å². The van der Waals surface area contributed by atoms with Gasteiger partial charge in [0.2, 0.25) is 0 Å². The fourth-order valence-corrected chi connectivity index (χ4v) is 4.23. The molecule has 2 aromatic carbocycles. The number of benzene rings is 2. The minimum atomic E-state index is -0.535. The van der Waals surface area contributed by atoms with Gasteiger partial charge in [-0.05, 0) is 30.3 Å². The van der Waals surface area contributed by atoms with Gasteiger partial charge in [-0.15, -0.1) is 0 Å². The predicted molar refractivity (Wildman–Crippen MR) is 120 cm³/mol. The highest BCUT2D eigenvalue weighted by Gasteiger charge is 2.20. The number of H-pyrrole nitrogens is 1. The largest absolute Gasteiger partial charge is 0.490 e. The summed E-state index contributed by atoms with van der Waals surface area (Å²) in [7, 11) is 0.